The fraction of sp³-hybridized carbons (Fsp3) is 0.583. The monoisotopic (exact) mass is 266 g/mol. The van der Waals surface area contributed by atoms with E-state index in [1.807, 2.05) is 13.8 Å². The maximum Gasteiger partial charge on any atom is 0.232 e. The molecule has 0 aliphatic carbocycles. The van der Waals surface area contributed by atoms with Gasteiger partial charge < -0.3 is 20.4 Å². The minimum absolute atomic E-state index is 0.0720. The first-order chi connectivity index (χ1) is 9.08. The zero-order chi connectivity index (χ0) is 13.8. The topological polar surface area (TPSA) is 103 Å². The van der Waals surface area contributed by atoms with Crippen LogP contribution in [-0.4, -0.2) is 39.3 Å². The summed E-state index contributed by atoms with van der Waals surface area (Å²) >= 11 is 0. The van der Waals surface area contributed by atoms with Crippen LogP contribution in [0.1, 0.15) is 32.4 Å². The molecule has 1 aliphatic heterocycles. The molecule has 2 heterocycles. The van der Waals surface area contributed by atoms with Gasteiger partial charge in [0.25, 0.3) is 0 Å². The van der Waals surface area contributed by atoms with Crippen molar-refractivity contribution in [3.63, 3.8) is 0 Å². The first-order valence-corrected chi connectivity index (χ1v) is 6.20. The van der Waals surface area contributed by atoms with Gasteiger partial charge in [0.05, 0.1) is 24.6 Å². The number of hydrogen-bond acceptors (Lipinski definition) is 6. The van der Waals surface area contributed by atoms with Crippen LogP contribution in [0.2, 0.25) is 0 Å². The number of ether oxygens (including phenoxy) is 2. The molecule has 2 rings (SSSR count). The highest BCUT2D eigenvalue weighted by molar-refractivity contribution is 5.94. The Balaban J connectivity index is 1.99. The Labute approximate surface area is 111 Å². The lowest BCUT2D eigenvalue weighted by atomic mass is 10.0. The van der Waals surface area contributed by atoms with Gasteiger partial charge >= 0.3 is 0 Å². The van der Waals surface area contributed by atoms with Gasteiger partial charge in [0.15, 0.2) is 5.84 Å². The van der Waals surface area contributed by atoms with E-state index in [1.54, 1.807) is 0 Å². The van der Waals surface area contributed by atoms with Crippen molar-refractivity contribution < 1.29 is 14.7 Å². The number of hydrogen-bond donors (Lipinski definition) is 2. The van der Waals surface area contributed by atoms with E-state index >= 15 is 0 Å². The summed E-state index contributed by atoms with van der Waals surface area (Å²) in [5.41, 5.74) is 5.71. The van der Waals surface area contributed by atoms with Crippen molar-refractivity contribution in [3.05, 3.63) is 18.1 Å². The lowest BCUT2D eigenvalue weighted by Crippen LogP contribution is -2.35. The third kappa shape index (κ3) is 3.54. The average Bonchev–Trinajstić information content (AvgIpc) is 2.37. The first-order valence-electron chi connectivity index (χ1n) is 6.20. The second-order valence-corrected chi connectivity index (χ2v) is 4.69. The van der Waals surface area contributed by atoms with Crippen LogP contribution in [0.25, 0.3) is 0 Å². The second kappa shape index (κ2) is 5.83. The summed E-state index contributed by atoms with van der Waals surface area (Å²) in [5, 5.41) is 11.4. The Morgan fingerprint density at radius 3 is 2.58 bits per heavy atom. The molecule has 0 spiro atoms. The zero-order valence-electron chi connectivity index (χ0n) is 11.0. The number of aromatic nitrogens is 2. The van der Waals surface area contributed by atoms with E-state index in [0.717, 1.165) is 12.8 Å². The highest BCUT2D eigenvalue weighted by Crippen LogP contribution is 2.22. The Morgan fingerprint density at radius 2 is 2.05 bits per heavy atom. The van der Waals surface area contributed by atoms with Crippen LogP contribution in [0.5, 0.6) is 5.88 Å². The molecular weight excluding hydrogens is 248 g/mol. The maximum absolute atomic E-state index is 8.53. The summed E-state index contributed by atoms with van der Waals surface area (Å²) in [7, 11) is 0. The van der Waals surface area contributed by atoms with E-state index in [2.05, 4.69) is 15.1 Å². The predicted octanol–water partition coefficient (Wildman–Crippen LogP) is 0.906. The van der Waals surface area contributed by atoms with Gasteiger partial charge in [0, 0.05) is 12.8 Å². The molecule has 0 bridgehead atoms. The van der Waals surface area contributed by atoms with Gasteiger partial charge in [0.2, 0.25) is 5.88 Å². The number of rotatable bonds is 3. The SMILES string of the molecule is CC1CC(Oc2cnc(C(N)=NO)cn2)CC(C)O1. The third-order valence-electron chi connectivity index (χ3n) is 2.94. The van der Waals surface area contributed by atoms with Crippen LogP contribution < -0.4 is 10.5 Å². The molecule has 7 nitrogen and oxygen atoms in total. The summed E-state index contributed by atoms with van der Waals surface area (Å²) in [4.78, 5) is 8.11. The van der Waals surface area contributed by atoms with E-state index in [4.69, 9.17) is 20.4 Å². The van der Waals surface area contributed by atoms with Gasteiger partial charge in [-0.25, -0.2) is 9.97 Å². The normalized spacial score (nSPS) is 28.1. The molecule has 1 saturated heterocycles. The van der Waals surface area contributed by atoms with Gasteiger partial charge in [-0.1, -0.05) is 5.16 Å². The fourth-order valence-electron chi connectivity index (χ4n) is 2.17. The average molecular weight is 266 g/mol. The number of amidine groups is 1. The molecule has 1 aromatic rings. The van der Waals surface area contributed by atoms with Crippen LogP contribution in [-0.2, 0) is 4.74 Å². The summed E-state index contributed by atoms with van der Waals surface area (Å²) in [5.74, 6) is 0.355. The van der Waals surface area contributed by atoms with Gasteiger partial charge in [-0.3, -0.25) is 0 Å². The molecule has 1 aromatic heterocycles. The Morgan fingerprint density at radius 1 is 1.37 bits per heavy atom. The van der Waals surface area contributed by atoms with Crippen molar-refractivity contribution in [3.8, 4) is 5.88 Å². The Hall–Kier alpha value is -1.89. The van der Waals surface area contributed by atoms with E-state index < -0.39 is 0 Å². The number of oxime groups is 1. The quantitative estimate of drug-likeness (QED) is 0.365. The van der Waals surface area contributed by atoms with E-state index in [0.29, 0.717) is 11.6 Å². The molecular formula is C12H18N4O3. The molecule has 104 valence electrons. The predicted molar refractivity (Wildman–Crippen MR) is 68.2 cm³/mol. The van der Waals surface area contributed by atoms with Gasteiger partial charge in [-0.15, -0.1) is 0 Å². The Kier molecular flexibility index (Phi) is 4.16. The standard InChI is InChI=1S/C12H18N4O3/c1-7-3-9(4-8(2)18-7)19-11-6-14-10(5-15-11)12(13)16-17/h5-9,17H,3-4H2,1-2H3,(H2,13,16). The minimum atomic E-state index is -0.0765. The van der Waals surface area contributed by atoms with Gasteiger partial charge in [-0.2, -0.15) is 0 Å². The summed E-state index contributed by atoms with van der Waals surface area (Å²) in [6.45, 7) is 4.05. The fourth-order valence-corrected chi connectivity index (χ4v) is 2.17. The van der Waals surface area contributed by atoms with Crippen LogP contribution in [0.15, 0.2) is 17.5 Å². The molecule has 3 N–H and O–H groups in total. The molecule has 1 aliphatic rings. The molecule has 0 saturated carbocycles. The van der Waals surface area contributed by atoms with Crippen molar-refractivity contribution in [2.24, 2.45) is 10.9 Å². The van der Waals surface area contributed by atoms with E-state index in [1.165, 1.54) is 12.4 Å². The number of nitrogens with two attached hydrogens (primary N) is 1. The van der Waals surface area contributed by atoms with E-state index in [-0.39, 0.29) is 24.1 Å². The van der Waals surface area contributed by atoms with Crippen molar-refractivity contribution in [1.29, 1.82) is 0 Å². The number of nitrogens with zero attached hydrogens (tertiary/aromatic N) is 3. The van der Waals surface area contributed by atoms with Gasteiger partial charge in [0.1, 0.15) is 11.8 Å². The lowest BCUT2D eigenvalue weighted by Gasteiger charge is -2.31. The smallest absolute Gasteiger partial charge is 0.232 e. The molecule has 2 unspecified atom stereocenters. The Bertz CT molecular complexity index is 439. The third-order valence-corrected chi connectivity index (χ3v) is 2.94. The van der Waals surface area contributed by atoms with Crippen molar-refractivity contribution in [1.82, 2.24) is 9.97 Å². The summed E-state index contributed by atoms with van der Waals surface area (Å²) in [6, 6.07) is 0. The minimum Gasteiger partial charge on any atom is -0.473 e. The van der Waals surface area contributed by atoms with Crippen LogP contribution in [0, 0.1) is 0 Å². The van der Waals surface area contributed by atoms with Crippen LogP contribution >= 0.6 is 0 Å². The molecule has 2 atom stereocenters. The highest BCUT2D eigenvalue weighted by atomic mass is 16.5. The lowest BCUT2D eigenvalue weighted by molar-refractivity contribution is -0.0730. The zero-order valence-corrected chi connectivity index (χ0v) is 11.0. The van der Waals surface area contributed by atoms with Crippen molar-refractivity contribution in [2.45, 2.75) is 45.0 Å². The molecule has 1 fully saturated rings. The van der Waals surface area contributed by atoms with Crippen molar-refractivity contribution >= 4 is 5.84 Å². The molecule has 7 heteroatoms. The van der Waals surface area contributed by atoms with Crippen LogP contribution in [0.4, 0.5) is 0 Å². The van der Waals surface area contributed by atoms with Crippen LogP contribution in [0.3, 0.4) is 0 Å². The maximum atomic E-state index is 8.53. The molecule has 0 radical (unpaired) electrons. The second-order valence-electron chi connectivity index (χ2n) is 4.69. The molecule has 0 amide bonds. The summed E-state index contributed by atoms with van der Waals surface area (Å²) < 4.78 is 11.4. The van der Waals surface area contributed by atoms with E-state index in [9.17, 15) is 0 Å². The first kappa shape index (κ1) is 13.5. The van der Waals surface area contributed by atoms with Crippen molar-refractivity contribution in [2.75, 3.05) is 0 Å². The highest BCUT2D eigenvalue weighted by Gasteiger charge is 2.26. The summed E-state index contributed by atoms with van der Waals surface area (Å²) in [6.07, 6.45) is 4.97. The molecule has 0 aromatic carbocycles. The van der Waals surface area contributed by atoms with Gasteiger partial charge in [-0.05, 0) is 13.8 Å². The molecule has 19 heavy (non-hydrogen) atoms. The largest absolute Gasteiger partial charge is 0.473 e.